The number of morpholine rings is 1. The molecule has 2 unspecified atom stereocenters. The molecule has 1 aliphatic heterocycles. The van der Waals surface area contributed by atoms with Gasteiger partial charge in [-0.25, -0.2) is 0 Å². The summed E-state index contributed by atoms with van der Waals surface area (Å²) in [5.74, 6) is 0. The minimum Gasteiger partial charge on any atom is -0.378 e. The van der Waals surface area contributed by atoms with Crippen LogP contribution in [0.15, 0.2) is 22.9 Å². The molecule has 2 atom stereocenters. The predicted molar refractivity (Wildman–Crippen MR) is 75.3 cm³/mol. The van der Waals surface area contributed by atoms with Gasteiger partial charge in [-0.3, -0.25) is 9.88 Å². The van der Waals surface area contributed by atoms with Gasteiger partial charge in [0.2, 0.25) is 0 Å². The van der Waals surface area contributed by atoms with E-state index in [0.29, 0.717) is 12.6 Å². The van der Waals surface area contributed by atoms with E-state index in [-0.39, 0.29) is 6.04 Å². The van der Waals surface area contributed by atoms with Gasteiger partial charge < -0.3 is 10.5 Å². The molecule has 100 valence electrons. The summed E-state index contributed by atoms with van der Waals surface area (Å²) in [7, 11) is 0. The smallest absolute Gasteiger partial charge is 0.0622 e. The van der Waals surface area contributed by atoms with Crippen molar-refractivity contribution in [1.29, 1.82) is 0 Å². The lowest BCUT2D eigenvalue weighted by Gasteiger charge is -2.40. The Morgan fingerprint density at radius 1 is 1.61 bits per heavy atom. The zero-order valence-corrected chi connectivity index (χ0v) is 12.3. The fourth-order valence-electron chi connectivity index (χ4n) is 2.50. The molecule has 1 aromatic rings. The van der Waals surface area contributed by atoms with Crippen LogP contribution in [0.25, 0.3) is 0 Å². The van der Waals surface area contributed by atoms with E-state index in [2.05, 4.69) is 38.8 Å². The van der Waals surface area contributed by atoms with Gasteiger partial charge in [-0.1, -0.05) is 6.92 Å². The third-order valence-electron chi connectivity index (χ3n) is 3.48. The maximum Gasteiger partial charge on any atom is 0.0622 e. The SMILES string of the molecule is CCC1COCCN1C(CN)c1cncc(Br)c1. The Bertz CT molecular complexity index is 388. The Morgan fingerprint density at radius 2 is 2.44 bits per heavy atom. The standard InChI is InChI=1S/C13H20BrN3O/c1-2-12-9-18-4-3-17(12)13(6-15)10-5-11(14)8-16-7-10/h5,7-8,12-13H,2-4,6,9,15H2,1H3. The summed E-state index contributed by atoms with van der Waals surface area (Å²) in [6.07, 6.45) is 4.79. The Kier molecular flexibility index (Phi) is 5.12. The Hall–Kier alpha value is -0.490. The zero-order chi connectivity index (χ0) is 13.0. The first-order chi connectivity index (χ1) is 8.76. The van der Waals surface area contributed by atoms with Gasteiger partial charge in [0.1, 0.15) is 0 Å². The van der Waals surface area contributed by atoms with Gasteiger partial charge >= 0.3 is 0 Å². The fourth-order valence-corrected chi connectivity index (χ4v) is 2.89. The van der Waals surface area contributed by atoms with E-state index in [4.69, 9.17) is 10.5 Å². The van der Waals surface area contributed by atoms with Crippen LogP contribution < -0.4 is 5.73 Å². The minimum absolute atomic E-state index is 0.226. The molecule has 2 N–H and O–H groups in total. The summed E-state index contributed by atoms with van der Waals surface area (Å²) in [4.78, 5) is 6.69. The molecule has 2 rings (SSSR count). The summed E-state index contributed by atoms with van der Waals surface area (Å²) in [5, 5.41) is 0. The molecule has 0 spiro atoms. The third kappa shape index (κ3) is 3.09. The number of halogens is 1. The summed E-state index contributed by atoms with van der Waals surface area (Å²) in [6.45, 7) is 5.32. The highest BCUT2D eigenvalue weighted by atomic mass is 79.9. The Labute approximate surface area is 117 Å². The van der Waals surface area contributed by atoms with Crippen molar-refractivity contribution in [2.75, 3.05) is 26.3 Å². The van der Waals surface area contributed by atoms with Crippen molar-refractivity contribution in [3.8, 4) is 0 Å². The van der Waals surface area contributed by atoms with E-state index in [9.17, 15) is 0 Å². The van der Waals surface area contributed by atoms with Gasteiger partial charge in [-0.15, -0.1) is 0 Å². The lowest BCUT2D eigenvalue weighted by atomic mass is 10.0. The predicted octanol–water partition coefficient (Wildman–Crippen LogP) is 1.95. The lowest BCUT2D eigenvalue weighted by Crippen LogP contribution is -2.48. The highest BCUT2D eigenvalue weighted by molar-refractivity contribution is 9.10. The number of hydrogen-bond donors (Lipinski definition) is 1. The summed E-state index contributed by atoms with van der Waals surface area (Å²) in [6, 6.07) is 2.78. The average molecular weight is 314 g/mol. The maximum atomic E-state index is 5.98. The normalized spacial score (nSPS) is 22.9. The third-order valence-corrected chi connectivity index (χ3v) is 3.91. The molecule has 1 saturated heterocycles. The average Bonchev–Trinajstić information content (AvgIpc) is 2.40. The van der Waals surface area contributed by atoms with Gasteiger partial charge in [0.05, 0.1) is 13.2 Å². The van der Waals surface area contributed by atoms with Crippen LogP contribution in [-0.4, -0.2) is 42.2 Å². The second-order valence-electron chi connectivity index (χ2n) is 4.56. The molecule has 4 nitrogen and oxygen atoms in total. The first-order valence-electron chi connectivity index (χ1n) is 6.40. The molecule has 0 amide bonds. The van der Waals surface area contributed by atoms with Crippen molar-refractivity contribution in [2.24, 2.45) is 5.73 Å². The molecule has 0 saturated carbocycles. The van der Waals surface area contributed by atoms with Crippen molar-refractivity contribution >= 4 is 15.9 Å². The molecule has 1 aliphatic rings. The molecule has 0 radical (unpaired) electrons. The number of nitrogens with two attached hydrogens (primary N) is 1. The van der Waals surface area contributed by atoms with Crippen LogP contribution in [0, 0.1) is 0 Å². The molecule has 0 aromatic carbocycles. The van der Waals surface area contributed by atoms with Crippen LogP contribution >= 0.6 is 15.9 Å². The molecule has 1 aromatic heterocycles. The van der Waals surface area contributed by atoms with Gasteiger partial charge in [0, 0.05) is 42.0 Å². The summed E-state index contributed by atoms with van der Waals surface area (Å²) in [5.41, 5.74) is 7.15. The number of hydrogen-bond acceptors (Lipinski definition) is 4. The number of rotatable bonds is 4. The highest BCUT2D eigenvalue weighted by Crippen LogP contribution is 2.26. The van der Waals surface area contributed by atoms with Gasteiger partial charge in [-0.2, -0.15) is 0 Å². The van der Waals surface area contributed by atoms with Crippen molar-refractivity contribution < 1.29 is 4.74 Å². The van der Waals surface area contributed by atoms with E-state index in [1.54, 1.807) is 6.20 Å². The first-order valence-corrected chi connectivity index (χ1v) is 7.19. The quantitative estimate of drug-likeness (QED) is 0.923. The van der Waals surface area contributed by atoms with Crippen LogP contribution in [0.4, 0.5) is 0 Å². The number of ether oxygens (including phenoxy) is 1. The van der Waals surface area contributed by atoms with Crippen molar-refractivity contribution in [3.63, 3.8) is 0 Å². The second-order valence-corrected chi connectivity index (χ2v) is 5.48. The van der Waals surface area contributed by atoms with E-state index in [1.807, 2.05) is 6.20 Å². The van der Waals surface area contributed by atoms with Crippen molar-refractivity contribution in [2.45, 2.75) is 25.4 Å². The fraction of sp³-hybridized carbons (Fsp3) is 0.615. The minimum atomic E-state index is 0.226. The topological polar surface area (TPSA) is 51.4 Å². The van der Waals surface area contributed by atoms with Crippen molar-refractivity contribution in [3.05, 3.63) is 28.5 Å². The Morgan fingerprint density at radius 3 is 3.11 bits per heavy atom. The van der Waals surface area contributed by atoms with Crippen LogP contribution in [0.3, 0.4) is 0 Å². The molecule has 1 fully saturated rings. The highest BCUT2D eigenvalue weighted by Gasteiger charge is 2.28. The number of pyridine rings is 1. The first kappa shape index (κ1) is 13.9. The van der Waals surface area contributed by atoms with Crippen LogP contribution in [0.5, 0.6) is 0 Å². The molecule has 0 aliphatic carbocycles. The van der Waals surface area contributed by atoms with Crippen molar-refractivity contribution in [1.82, 2.24) is 9.88 Å². The van der Waals surface area contributed by atoms with E-state index < -0.39 is 0 Å². The maximum absolute atomic E-state index is 5.98. The van der Waals surface area contributed by atoms with E-state index >= 15 is 0 Å². The molecule has 0 bridgehead atoms. The van der Waals surface area contributed by atoms with Crippen LogP contribution in [0.1, 0.15) is 24.9 Å². The molecule has 18 heavy (non-hydrogen) atoms. The zero-order valence-electron chi connectivity index (χ0n) is 10.7. The molecular weight excluding hydrogens is 294 g/mol. The molecule has 2 heterocycles. The largest absolute Gasteiger partial charge is 0.378 e. The summed E-state index contributed by atoms with van der Waals surface area (Å²) < 4.78 is 6.55. The summed E-state index contributed by atoms with van der Waals surface area (Å²) >= 11 is 3.47. The van der Waals surface area contributed by atoms with Crippen LogP contribution in [-0.2, 0) is 4.74 Å². The van der Waals surface area contributed by atoms with E-state index in [0.717, 1.165) is 30.7 Å². The number of nitrogens with zero attached hydrogens (tertiary/aromatic N) is 2. The second kappa shape index (κ2) is 6.61. The van der Waals surface area contributed by atoms with Crippen LogP contribution in [0.2, 0.25) is 0 Å². The number of aromatic nitrogens is 1. The molecular formula is C13H20BrN3O. The van der Waals surface area contributed by atoms with Gasteiger partial charge in [-0.05, 0) is 34.0 Å². The monoisotopic (exact) mass is 313 g/mol. The van der Waals surface area contributed by atoms with Gasteiger partial charge in [0.25, 0.3) is 0 Å². The lowest BCUT2D eigenvalue weighted by molar-refractivity contribution is -0.0291. The molecule has 5 heteroatoms. The van der Waals surface area contributed by atoms with Gasteiger partial charge in [0.15, 0.2) is 0 Å². The Balaban J connectivity index is 2.21. The van der Waals surface area contributed by atoms with E-state index in [1.165, 1.54) is 5.56 Å².